The Labute approximate surface area is 187 Å². The van der Waals surface area contributed by atoms with Gasteiger partial charge in [-0.25, -0.2) is 9.37 Å². The number of carbonyl (C=O) groups excluding carboxylic acids is 1. The maximum absolute atomic E-state index is 13.5. The smallest absolute Gasteiger partial charge is 0.255 e. The lowest BCUT2D eigenvalue weighted by atomic mass is 10.0. The summed E-state index contributed by atoms with van der Waals surface area (Å²) in [6.45, 7) is 1.69. The molecule has 6 nitrogen and oxygen atoms in total. The molecule has 2 aromatic carbocycles. The number of nitrogens with one attached hydrogen (secondary N) is 2. The summed E-state index contributed by atoms with van der Waals surface area (Å²) in [5.74, 6) is -0.0848. The molecule has 1 aromatic heterocycles. The summed E-state index contributed by atoms with van der Waals surface area (Å²) in [6, 6.07) is 19.3. The molecule has 7 heteroatoms. The number of carbonyl (C=O) groups is 1. The van der Waals surface area contributed by atoms with E-state index in [-0.39, 0.29) is 11.7 Å². The van der Waals surface area contributed by atoms with Crippen LogP contribution in [0.5, 0.6) is 0 Å². The molecule has 3 rings (SSSR count). The highest BCUT2D eigenvalue weighted by atomic mass is 19.1. The number of rotatable bonds is 9. The van der Waals surface area contributed by atoms with E-state index in [9.17, 15) is 14.4 Å². The van der Waals surface area contributed by atoms with E-state index < -0.39 is 0 Å². The summed E-state index contributed by atoms with van der Waals surface area (Å²) in [5, 5.41) is 15.6. The lowest BCUT2D eigenvalue weighted by Gasteiger charge is -2.15. The van der Waals surface area contributed by atoms with E-state index in [1.165, 1.54) is 12.1 Å². The molecule has 0 radical (unpaired) electrons. The van der Waals surface area contributed by atoms with Crippen molar-refractivity contribution in [2.45, 2.75) is 6.42 Å². The van der Waals surface area contributed by atoms with Gasteiger partial charge in [0, 0.05) is 25.2 Å². The van der Waals surface area contributed by atoms with Crippen LogP contribution < -0.4 is 10.6 Å². The van der Waals surface area contributed by atoms with Crippen LogP contribution in [-0.4, -0.2) is 49.5 Å². The largest absolute Gasteiger partial charge is 0.369 e. The number of nitrogens with zero attached hydrogens (tertiary/aromatic N) is 3. The number of benzene rings is 2. The molecule has 1 amide bonds. The molecule has 1 heterocycles. The number of anilines is 1. The maximum atomic E-state index is 13.5. The van der Waals surface area contributed by atoms with Crippen molar-refractivity contribution in [2.75, 3.05) is 39.0 Å². The van der Waals surface area contributed by atoms with Gasteiger partial charge in [0.1, 0.15) is 11.6 Å². The molecule has 164 valence electrons. The number of aromatic nitrogens is 1. The molecule has 0 aliphatic heterocycles. The van der Waals surface area contributed by atoms with E-state index in [1.54, 1.807) is 30.3 Å². The highest BCUT2D eigenvalue weighted by molar-refractivity contribution is 5.99. The Morgan fingerprint density at radius 3 is 2.66 bits per heavy atom. The Morgan fingerprint density at radius 2 is 1.91 bits per heavy atom. The van der Waals surface area contributed by atoms with Crippen molar-refractivity contribution in [2.24, 2.45) is 0 Å². The first kappa shape index (κ1) is 22.9. The third-order valence-electron chi connectivity index (χ3n) is 4.90. The molecule has 2 N–H and O–H groups in total. The van der Waals surface area contributed by atoms with Gasteiger partial charge in [0.25, 0.3) is 5.91 Å². The monoisotopic (exact) mass is 431 g/mol. The van der Waals surface area contributed by atoms with Crippen molar-refractivity contribution in [1.29, 1.82) is 5.26 Å². The van der Waals surface area contributed by atoms with Crippen LogP contribution in [0.1, 0.15) is 21.5 Å². The van der Waals surface area contributed by atoms with Gasteiger partial charge >= 0.3 is 0 Å². The number of nitriles is 1. The maximum Gasteiger partial charge on any atom is 0.255 e. The van der Waals surface area contributed by atoms with Gasteiger partial charge in [0.15, 0.2) is 0 Å². The number of halogens is 1. The van der Waals surface area contributed by atoms with Gasteiger partial charge in [0.2, 0.25) is 0 Å². The molecule has 32 heavy (non-hydrogen) atoms. The van der Waals surface area contributed by atoms with Crippen molar-refractivity contribution < 1.29 is 9.18 Å². The van der Waals surface area contributed by atoms with Crippen LogP contribution >= 0.6 is 0 Å². The van der Waals surface area contributed by atoms with E-state index in [0.717, 1.165) is 12.1 Å². The molecular formula is C25H26FN5O. The first-order valence-electron chi connectivity index (χ1n) is 10.4. The number of likely N-dealkylation sites (N-methyl/N-ethyl adjacent to an activating group) is 1. The third kappa shape index (κ3) is 6.13. The van der Waals surface area contributed by atoms with Crippen LogP contribution in [0.3, 0.4) is 0 Å². The van der Waals surface area contributed by atoms with Gasteiger partial charge in [0.05, 0.1) is 22.9 Å². The molecule has 0 unspecified atom stereocenters. The molecule has 0 spiro atoms. The molecule has 0 atom stereocenters. The van der Waals surface area contributed by atoms with Gasteiger partial charge in [-0.1, -0.05) is 30.3 Å². The fourth-order valence-corrected chi connectivity index (χ4v) is 3.24. The van der Waals surface area contributed by atoms with E-state index >= 15 is 0 Å². The topological polar surface area (TPSA) is 81.1 Å². The molecule has 0 saturated carbocycles. The zero-order chi connectivity index (χ0) is 22.9. The first-order valence-corrected chi connectivity index (χ1v) is 10.4. The minimum atomic E-state index is -0.281. The van der Waals surface area contributed by atoms with Crippen LogP contribution in [0.2, 0.25) is 0 Å². The Bertz CT molecular complexity index is 1120. The molecule has 0 aliphatic rings. The minimum absolute atomic E-state index is 0.229. The SMILES string of the molecule is CN(C)CCNC(=O)c1ccc(-c2ccccc2C#N)nc1NCCc1cccc(F)c1. The van der Waals surface area contributed by atoms with Gasteiger partial charge in [-0.05, 0) is 56.4 Å². The first-order chi connectivity index (χ1) is 15.5. The molecule has 0 saturated heterocycles. The predicted molar refractivity (Wildman–Crippen MR) is 124 cm³/mol. The molecule has 0 bridgehead atoms. The summed E-state index contributed by atoms with van der Waals surface area (Å²) in [7, 11) is 3.88. The Morgan fingerprint density at radius 1 is 1.09 bits per heavy atom. The van der Waals surface area contributed by atoms with Crippen molar-refractivity contribution in [3.63, 3.8) is 0 Å². The molecule has 0 aliphatic carbocycles. The Balaban J connectivity index is 1.85. The normalized spacial score (nSPS) is 10.6. The van der Waals surface area contributed by atoms with Crippen molar-refractivity contribution in [3.8, 4) is 17.3 Å². The van der Waals surface area contributed by atoms with Crippen LogP contribution in [0, 0.1) is 17.1 Å². The van der Waals surface area contributed by atoms with Crippen LogP contribution in [0.25, 0.3) is 11.3 Å². The number of hydrogen-bond donors (Lipinski definition) is 2. The van der Waals surface area contributed by atoms with Crippen molar-refractivity contribution in [3.05, 3.63) is 83.2 Å². The number of amides is 1. The van der Waals surface area contributed by atoms with Gasteiger partial charge in [-0.2, -0.15) is 5.26 Å². The number of pyridine rings is 1. The Kier molecular flexibility index (Phi) is 7.90. The highest BCUT2D eigenvalue weighted by Crippen LogP contribution is 2.25. The zero-order valence-corrected chi connectivity index (χ0v) is 18.2. The highest BCUT2D eigenvalue weighted by Gasteiger charge is 2.15. The number of hydrogen-bond acceptors (Lipinski definition) is 5. The van der Waals surface area contributed by atoms with Crippen molar-refractivity contribution >= 4 is 11.7 Å². The van der Waals surface area contributed by atoms with Gasteiger partial charge in [-0.15, -0.1) is 0 Å². The quantitative estimate of drug-likeness (QED) is 0.540. The van der Waals surface area contributed by atoms with E-state index in [4.69, 9.17) is 0 Å². The van der Waals surface area contributed by atoms with E-state index in [2.05, 4.69) is 21.7 Å². The second-order valence-corrected chi connectivity index (χ2v) is 7.62. The summed E-state index contributed by atoms with van der Waals surface area (Å²) < 4.78 is 13.5. The lowest BCUT2D eigenvalue weighted by molar-refractivity contribution is 0.0951. The molecular weight excluding hydrogens is 405 g/mol. The van der Waals surface area contributed by atoms with E-state index in [1.807, 2.05) is 37.2 Å². The summed E-state index contributed by atoms with van der Waals surface area (Å²) in [6.07, 6.45) is 0.570. The second-order valence-electron chi connectivity index (χ2n) is 7.62. The summed E-state index contributed by atoms with van der Waals surface area (Å²) in [4.78, 5) is 19.4. The zero-order valence-electron chi connectivity index (χ0n) is 18.2. The van der Waals surface area contributed by atoms with Crippen LogP contribution in [-0.2, 0) is 6.42 Å². The fraction of sp³-hybridized carbons (Fsp3) is 0.240. The fourth-order valence-electron chi connectivity index (χ4n) is 3.24. The summed E-state index contributed by atoms with van der Waals surface area (Å²) in [5.41, 5.74) is 3.07. The predicted octanol–water partition coefficient (Wildman–Crippen LogP) is 3.71. The summed E-state index contributed by atoms with van der Waals surface area (Å²) >= 11 is 0. The average Bonchev–Trinajstić information content (AvgIpc) is 2.78. The van der Waals surface area contributed by atoms with Gasteiger partial charge < -0.3 is 15.5 Å². The minimum Gasteiger partial charge on any atom is -0.369 e. The standard InChI is InChI=1S/C25H26FN5O/c1-31(2)15-14-29-25(32)22-10-11-23(21-9-4-3-7-19(21)17-27)30-24(22)28-13-12-18-6-5-8-20(26)16-18/h3-11,16H,12-15H2,1-2H3,(H,28,30)(H,29,32). The lowest BCUT2D eigenvalue weighted by Crippen LogP contribution is -2.32. The third-order valence-corrected chi connectivity index (χ3v) is 4.90. The van der Waals surface area contributed by atoms with Crippen LogP contribution in [0.4, 0.5) is 10.2 Å². The van der Waals surface area contributed by atoms with Crippen molar-refractivity contribution in [1.82, 2.24) is 15.2 Å². The Hall–Kier alpha value is -3.76. The van der Waals surface area contributed by atoms with Gasteiger partial charge in [-0.3, -0.25) is 4.79 Å². The second kappa shape index (κ2) is 11.0. The average molecular weight is 432 g/mol. The molecule has 3 aromatic rings. The molecule has 0 fully saturated rings. The van der Waals surface area contributed by atoms with E-state index in [0.29, 0.717) is 47.7 Å². The van der Waals surface area contributed by atoms with Crippen LogP contribution in [0.15, 0.2) is 60.7 Å².